The minimum Gasteiger partial charge on any atom is -0.497 e. The highest BCUT2D eigenvalue weighted by Gasteiger charge is 2.25. The third-order valence-electron chi connectivity index (χ3n) is 6.06. The lowest BCUT2D eigenvalue weighted by Crippen LogP contribution is -2.38. The van der Waals surface area contributed by atoms with Crippen molar-refractivity contribution in [3.8, 4) is 17.2 Å². The van der Waals surface area contributed by atoms with Crippen LogP contribution in [0.2, 0.25) is 0 Å². The molecule has 0 saturated carbocycles. The number of aromatic nitrogens is 4. The number of amides is 1. The predicted octanol–water partition coefficient (Wildman–Crippen LogP) is 3.48. The first-order valence-corrected chi connectivity index (χ1v) is 11.4. The number of hydrogen-bond acceptors (Lipinski definition) is 6. The van der Waals surface area contributed by atoms with E-state index in [1.54, 1.807) is 38.0 Å². The summed E-state index contributed by atoms with van der Waals surface area (Å²) >= 11 is 0. The van der Waals surface area contributed by atoms with E-state index in [1.807, 2.05) is 50.2 Å². The second-order valence-electron chi connectivity index (χ2n) is 8.21. The fourth-order valence-electron chi connectivity index (χ4n) is 4.20. The molecule has 35 heavy (non-hydrogen) atoms. The van der Waals surface area contributed by atoms with Crippen molar-refractivity contribution in [2.75, 3.05) is 14.2 Å². The Bertz CT molecular complexity index is 1430. The zero-order valence-electron chi connectivity index (χ0n) is 20.5. The predicted molar refractivity (Wildman–Crippen MR) is 133 cm³/mol. The van der Waals surface area contributed by atoms with Gasteiger partial charge >= 0.3 is 0 Å². The van der Waals surface area contributed by atoms with E-state index in [0.29, 0.717) is 40.2 Å². The van der Waals surface area contributed by atoms with Crippen molar-refractivity contribution in [3.63, 3.8) is 0 Å². The Hall–Kier alpha value is -4.14. The number of rotatable bonds is 8. The lowest BCUT2D eigenvalue weighted by molar-refractivity contribution is -0.125. The molecule has 0 spiro atoms. The van der Waals surface area contributed by atoms with Crippen LogP contribution in [-0.4, -0.2) is 39.7 Å². The van der Waals surface area contributed by atoms with Crippen molar-refractivity contribution < 1.29 is 14.3 Å². The van der Waals surface area contributed by atoms with Crippen LogP contribution < -0.4 is 20.3 Å². The van der Waals surface area contributed by atoms with Crippen LogP contribution in [-0.2, 0) is 11.3 Å². The molecule has 0 aliphatic carbocycles. The van der Waals surface area contributed by atoms with E-state index in [0.717, 1.165) is 11.3 Å². The first-order valence-electron chi connectivity index (χ1n) is 11.4. The molecular formula is C26H29N5O4. The van der Waals surface area contributed by atoms with Crippen LogP contribution in [0.3, 0.4) is 0 Å². The summed E-state index contributed by atoms with van der Waals surface area (Å²) in [5.74, 6) is 0.987. The maximum atomic E-state index is 13.5. The molecule has 0 aliphatic rings. The Kier molecular flexibility index (Phi) is 6.86. The van der Waals surface area contributed by atoms with Gasteiger partial charge in [0.25, 0.3) is 5.56 Å². The zero-order valence-corrected chi connectivity index (χ0v) is 20.5. The van der Waals surface area contributed by atoms with Gasteiger partial charge < -0.3 is 14.8 Å². The van der Waals surface area contributed by atoms with E-state index in [-0.39, 0.29) is 18.0 Å². The fourth-order valence-corrected chi connectivity index (χ4v) is 4.20. The molecule has 4 rings (SSSR count). The molecule has 9 heteroatoms. The second kappa shape index (κ2) is 10.0. The SMILES string of the molecule is CC[C@H](C(=O)NCc1cc(OC)ccc1OC)n1nc(C)c2nn(-c3ccccc3)c(C)c2c1=O. The Balaban J connectivity index is 1.68. The molecule has 4 aromatic rings. The monoisotopic (exact) mass is 475 g/mol. The number of aryl methyl sites for hydroxylation is 2. The average molecular weight is 476 g/mol. The third kappa shape index (κ3) is 4.49. The van der Waals surface area contributed by atoms with Crippen LogP contribution in [0.15, 0.2) is 53.3 Å². The van der Waals surface area contributed by atoms with Crippen LogP contribution in [0, 0.1) is 13.8 Å². The molecule has 1 N–H and O–H groups in total. The molecule has 0 bridgehead atoms. The summed E-state index contributed by atoms with van der Waals surface area (Å²) in [6.45, 7) is 5.72. The van der Waals surface area contributed by atoms with Gasteiger partial charge in [0, 0.05) is 12.1 Å². The van der Waals surface area contributed by atoms with E-state index in [4.69, 9.17) is 9.47 Å². The minimum atomic E-state index is -0.776. The van der Waals surface area contributed by atoms with Crippen molar-refractivity contribution in [2.24, 2.45) is 0 Å². The van der Waals surface area contributed by atoms with Gasteiger partial charge in [0.2, 0.25) is 5.91 Å². The molecule has 0 unspecified atom stereocenters. The van der Waals surface area contributed by atoms with Gasteiger partial charge in [-0.25, -0.2) is 9.36 Å². The Morgan fingerprint density at radius 2 is 1.80 bits per heavy atom. The van der Waals surface area contributed by atoms with Crippen molar-refractivity contribution in [1.82, 2.24) is 24.9 Å². The molecule has 2 aromatic heterocycles. The van der Waals surface area contributed by atoms with Crippen LogP contribution in [0.5, 0.6) is 11.5 Å². The molecule has 182 valence electrons. The summed E-state index contributed by atoms with van der Waals surface area (Å²) in [7, 11) is 3.15. The molecule has 2 heterocycles. The van der Waals surface area contributed by atoms with Gasteiger partial charge in [-0.3, -0.25) is 9.59 Å². The molecule has 0 saturated heterocycles. The van der Waals surface area contributed by atoms with Gasteiger partial charge in [0.1, 0.15) is 23.1 Å². The number of methoxy groups -OCH3 is 2. The Morgan fingerprint density at radius 1 is 1.06 bits per heavy atom. The lowest BCUT2D eigenvalue weighted by Gasteiger charge is -2.18. The molecule has 0 aliphatic heterocycles. The summed E-state index contributed by atoms with van der Waals surface area (Å²) < 4.78 is 13.7. The molecule has 1 atom stereocenters. The quantitative estimate of drug-likeness (QED) is 0.419. The van der Waals surface area contributed by atoms with Crippen LogP contribution in [0.4, 0.5) is 0 Å². The molecule has 9 nitrogen and oxygen atoms in total. The van der Waals surface area contributed by atoms with Crippen molar-refractivity contribution >= 4 is 16.8 Å². The van der Waals surface area contributed by atoms with Crippen LogP contribution in [0.1, 0.15) is 36.3 Å². The Morgan fingerprint density at radius 3 is 2.46 bits per heavy atom. The summed E-state index contributed by atoms with van der Waals surface area (Å²) in [6, 6.07) is 14.2. The first kappa shape index (κ1) is 24.0. The smallest absolute Gasteiger partial charge is 0.278 e. The van der Waals surface area contributed by atoms with E-state index >= 15 is 0 Å². The standard InChI is InChI=1S/C26H29N5O4/c1-6-21(25(32)27-15-18-14-20(34-4)12-13-22(18)35-5)31-26(33)23-17(3)30(19-10-8-7-9-11-19)29-24(23)16(2)28-31/h7-14,21H,6,15H2,1-5H3,(H,27,32)/t21-/m1/s1. The number of benzene rings is 2. The number of nitrogens with zero attached hydrogens (tertiary/aromatic N) is 4. The first-order chi connectivity index (χ1) is 16.9. The summed E-state index contributed by atoms with van der Waals surface area (Å²) in [4.78, 5) is 26.7. The molecule has 2 aromatic carbocycles. The molecular weight excluding hydrogens is 446 g/mol. The highest BCUT2D eigenvalue weighted by Crippen LogP contribution is 2.24. The van der Waals surface area contributed by atoms with E-state index in [1.165, 1.54) is 4.68 Å². The largest absolute Gasteiger partial charge is 0.497 e. The number of carbonyl (C=O) groups excluding carboxylic acids is 1. The van der Waals surface area contributed by atoms with Crippen LogP contribution >= 0.6 is 0 Å². The van der Waals surface area contributed by atoms with Gasteiger partial charge in [0.15, 0.2) is 0 Å². The second-order valence-corrected chi connectivity index (χ2v) is 8.21. The highest BCUT2D eigenvalue weighted by atomic mass is 16.5. The minimum absolute atomic E-state index is 0.219. The van der Waals surface area contributed by atoms with Gasteiger partial charge in [-0.15, -0.1) is 0 Å². The lowest BCUT2D eigenvalue weighted by atomic mass is 10.1. The number of carbonyl (C=O) groups is 1. The normalized spacial score (nSPS) is 11.9. The van der Waals surface area contributed by atoms with Crippen molar-refractivity contribution in [3.05, 3.63) is 75.8 Å². The van der Waals surface area contributed by atoms with E-state index in [9.17, 15) is 9.59 Å². The van der Waals surface area contributed by atoms with Gasteiger partial charge in [-0.05, 0) is 50.6 Å². The van der Waals surface area contributed by atoms with Gasteiger partial charge in [0.05, 0.1) is 36.7 Å². The van der Waals surface area contributed by atoms with Crippen LogP contribution in [0.25, 0.3) is 16.6 Å². The topological polar surface area (TPSA) is 100 Å². The Labute approximate surface area is 203 Å². The molecule has 0 fully saturated rings. The fraction of sp³-hybridized carbons (Fsp3) is 0.308. The van der Waals surface area contributed by atoms with Crippen molar-refractivity contribution in [1.29, 1.82) is 0 Å². The van der Waals surface area contributed by atoms with Crippen molar-refractivity contribution in [2.45, 2.75) is 39.8 Å². The third-order valence-corrected chi connectivity index (χ3v) is 6.06. The summed E-state index contributed by atoms with van der Waals surface area (Å²) in [5.41, 5.74) is 3.09. The highest BCUT2D eigenvalue weighted by molar-refractivity contribution is 5.84. The van der Waals surface area contributed by atoms with E-state index < -0.39 is 6.04 Å². The number of nitrogens with one attached hydrogen (secondary N) is 1. The molecule has 1 amide bonds. The summed E-state index contributed by atoms with van der Waals surface area (Å²) in [5, 5.41) is 12.5. The number of para-hydroxylation sites is 1. The number of hydrogen-bond donors (Lipinski definition) is 1. The average Bonchev–Trinajstić information content (AvgIpc) is 3.24. The summed E-state index contributed by atoms with van der Waals surface area (Å²) in [6.07, 6.45) is 0.394. The van der Waals surface area contributed by atoms with Gasteiger partial charge in [-0.2, -0.15) is 10.2 Å². The molecule has 0 radical (unpaired) electrons. The van der Waals surface area contributed by atoms with E-state index in [2.05, 4.69) is 15.5 Å². The maximum Gasteiger partial charge on any atom is 0.278 e. The zero-order chi connectivity index (χ0) is 25.1. The number of ether oxygens (including phenoxy) is 2. The number of fused-ring (bicyclic) bond motifs is 1. The maximum absolute atomic E-state index is 13.5. The van der Waals surface area contributed by atoms with Gasteiger partial charge in [-0.1, -0.05) is 25.1 Å².